The van der Waals surface area contributed by atoms with Crippen LogP contribution in [-0.2, 0) is 14.3 Å². The molecule has 0 spiro atoms. The molecular weight excluding hydrogens is 180 g/mol. The average Bonchev–Trinajstić information content (AvgIpc) is 2.19. The van der Waals surface area contributed by atoms with Gasteiger partial charge >= 0.3 is 5.97 Å². The molecule has 3 heteroatoms. The van der Waals surface area contributed by atoms with Crippen LogP contribution >= 0.6 is 0 Å². The maximum Gasteiger partial charge on any atom is 0.319 e. The number of rotatable bonds is 5. The van der Waals surface area contributed by atoms with Gasteiger partial charge in [0.05, 0.1) is 7.11 Å². The predicted octanol–water partition coefficient (Wildman–Crippen LogP) is 2.19. The second-order valence-electron chi connectivity index (χ2n) is 3.80. The molecule has 0 aromatic rings. The van der Waals surface area contributed by atoms with E-state index in [1.165, 1.54) is 7.11 Å². The summed E-state index contributed by atoms with van der Waals surface area (Å²) in [4.78, 5) is 23.5. The van der Waals surface area contributed by atoms with Gasteiger partial charge in [0.25, 0.3) is 0 Å². The van der Waals surface area contributed by atoms with E-state index in [9.17, 15) is 9.59 Å². The Bertz CT molecular complexity index is 215. The van der Waals surface area contributed by atoms with Crippen molar-refractivity contribution < 1.29 is 14.3 Å². The van der Waals surface area contributed by atoms with Gasteiger partial charge < -0.3 is 4.74 Å². The fraction of sp³-hybridized carbons (Fsp3) is 0.818. The molecule has 0 saturated heterocycles. The predicted molar refractivity (Wildman–Crippen MR) is 54.9 cm³/mol. The third-order valence-corrected chi connectivity index (χ3v) is 2.78. The quantitative estimate of drug-likeness (QED) is 0.504. The summed E-state index contributed by atoms with van der Waals surface area (Å²) in [5, 5.41) is 0. The van der Waals surface area contributed by atoms with Crippen LogP contribution in [0.5, 0.6) is 0 Å². The normalized spacial score (nSPS) is 11.6. The number of ketones is 1. The number of carbonyl (C=O) groups is 2. The first-order valence-electron chi connectivity index (χ1n) is 5.09. The molecule has 0 rings (SSSR count). The van der Waals surface area contributed by atoms with E-state index in [1.807, 2.05) is 27.7 Å². The third-order valence-electron chi connectivity index (χ3n) is 2.78. The molecular formula is C11H20O3. The lowest BCUT2D eigenvalue weighted by molar-refractivity contribution is -0.159. The van der Waals surface area contributed by atoms with Crippen molar-refractivity contribution in [3.05, 3.63) is 0 Å². The van der Waals surface area contributed by atoms with E-state index in [1.54, 1.807) is 0 Å². The SMILES string of the molecule is CCC(CC)(C(=O)OC)C(=O)C(C)C. The minimum atomic E-state index is -0.928. The van der Waals surface area contributed by atoms with Gasteiger partial charge in [-0.15, -0.1) is 0 Å². The van der Waals surface area contributed by atoms with Gasteiger partial charge in [-0.1, -0.05) is 27.7 Å². The Morgan fingerprint density at radius 3 is 1.86 bits per heavy atom. The average molecular weight is 200 g/mol. The van der Waals surface area contributed by atoms with Crippen LogP contribution in [0.1, 0.15) is 40.5 Å². The second kappa shape index (κ2) is 5.13. The van der Waals surface area contributed by atoms with Crippen LogP contribution in [0, 0.1) is 11.3 Å². The van der Waals surface area contributed by atoms with E-state index in [0.29, 0.717) is 12.8 Å². The topological polar surface area (TPSA) is 43.4 Å². The number of methoxy groups -OCH3 is 1. The van der Waals surface area contributed by atoms with Crippen LogP contribution < -0.4 is 0 Å². The molecule has 0 radical (unpaired) electrons. The molecule has 0 fully saturated rings. The van der Waals surface area contributed by atoms with Crippen LogP contribution in [0.25, 0.3) is 0 Å². The molecule has 0 aliphatic carbocycles. The Morgan fingerprint density at radius 2 is 1.64 bits per heavy atom. The van der Waals surface area contributed by atoms with Crippen molar-refractivity contribution >= 4 is 11.8 Å². The van der Waals surface area contributed by atoms with Gasteiger partial charge in [0.2, 0.25) is 0 Å². The van der Waals surface area contributed by atoms with Crippen molar-refractivity contribution in [2.45, 2.75) is 40.5 Å². The first-order chi connectivity index (χ1) is 6.46. The molecule has 0 saturated carbocycles. The maximum absolute atomic E-state index is 11.9. The van der Waals surface area contributed by atoms with Crippen LogP contribution in [0.3, 0.4) is 0 Å². The van der Waals surface area contributed by atoms with Gasteiger partial charge in [-0.05, 0) is 12.8 Å². The van der Waals surface area contributed by atoms with Gasteiger partial charge in [0.15, 0.2) is 5.78 Å². The number of hydrogen-bond acceptors (Lipinski definition) is 3. The summed E-state index contributed by atoms with van der Waals surface area (Å²) in [6.45, 7) is 7.32. The van der Waals surface area contributed by atoms with E-state index >= 15 is 0 Å². The molecule has 0 aliphatic rings. The number of carbonyl (C=O) groups excluding carboxylic acids is 2. The molecule has 14 heavy (non-hydrogen) atoms. The summed E-state index contributed by atoms with van der Waals surface area (Å²) in [5.74, 6) is -0.551. The minimum absolute atomic E-state index is 0.0191. The largest absolute Gasteiger partial charge is 0.468 e. The molecule has 0 bridgehead atoms. The van der Waals surface area contributed by atoms with E-state index in [-0.39, 0.29) is 11.7 Å². The number of hydrogen-bond donors (Lipinski definition) is 0. The Hall–Kier alpha value is -0.860. The maximum atomic E-state index is 11.9. The molecule has 0 heterocycles. The molecule has 0 aliphatic heterocycles. The van der Waals surface area contributed by atoms with Crippen LogP contribution in [0.15, 0.2) is 0 Å². The Labute approximate surface area is 85.8 Å². The first kappa shape index (κ1) is 13.1. The van der Waals surface area contributed by atoms with Crippen molar-refractivity contribution in [1.82, 2.24) is 0 Å². The third kappa shape index (κ3) is 2.14. The summed E-state index contributed by atoms with van der Waals surface area (Å²) in [6.07, 6.45) is 1.01. The Morgan fingerprint density at radius 1 is 1.21 bits per heavy atom. The van der Waals surface area contributed by atoms with Crippen molar-refractivity contribution in [2.75, 3.05) is 7.11 Å². The Balaban J connectivity index is 5.07. The highest BCUT2D eigenvalue weighted by atomic mass is 16.5. The lowest BCUT2D eigenvalue weighted by Crippen LogP contribution is -2.41. The van der Waals surface area contributed by atoms with Crippen molar-refractivity contribution in [1.29, 1.82) is 0 Å². The molecule has 0 amide bonds. The Kier molecular flexibility index (Phi) is 4.81. The highest BCUT2D eigenvalue weighted by Crippen LogP contribution is 2.32. The highest BCUT2D eigenvalue weighted by molar-refractivity contribution is 6.04. The number of esters is 1. The molecule has 0 aromatic heterocycles. The van der Waals surface area contributed by atoms with E-state index in [4.69, 9.17) is 4.74 Å². The zero-order valence-electron chi connectivity index (χ0n) is 9.72. The zero-order valence-corrected chi connectivity index (χ0v) is 9.72. The molecule has 0 unspecified atom stereocenters. The summed E-state index contributed by atoms with van der Waals surface area (Å²) in [5.41, 5.74) is -0.928. The van der Waals surface area contributed by atoms with Crippen LogP contribution in [0.4, 0.5) is 0 Å². The van der Waals surface area contributed by atoms with Gasteiger partial charge in [0, 0.05) is 5.92 Å². The fourth-order valence-corrected chi connectivity index (χ4v) is 1.74. The summed E-state index contributed by atoms with van der Waals surface area (Å²) in [6, 6.07) is 0. The fourth-order valence-electron chi connectivity index (χ4n) is 1.74. The van der Waals surface area contributed by atoms with Crippen LogP contribution in [-0.4, -0.2) is 18.9 Å². The standard InChI is InChI=1S/C11H20O3/c1-6-11(7-2,10(13)14-5)9(12)8(3)4/h8H,6-7H2,1-5H3. The smallest absolute Gasteiger partial charge is 0.319 e. The first-order valence-corrected chi connectivity index (χ1v) is 5.09. The van der Waals surface area contributed by atoms with Gasteiger partial charge in [0.1, 0.15) is 5.41 Å². The summed E-state index contributed by atoms with van der Waals surface area (Å²) >= 11 is 0. The summed E-state index contributed by atoms with van der Waals surface area (Å²) in [7, 11) is 1.33. The minimum Gasteiger partial charge on any atom is -0.468 e. The van der Waals surface area contributed by atoms with Gasteiger partial charge in [-0.2, -0.15) is 0 Å². The monoisotopic (exact) mass is 200 g/mol. The zero-order chi connectivity index (χ0) is 11.4. The van der Waals surface area contributed by atoms with Crippen molar-refractivity contribution in [3.8, 4) is 0 Å². The highest BCUT2D eigenvalue weighted by Gasteiger charge is 2.44. The lowest BCUT2D eigenvalue weighted by atomic mass is 9.74. The van der Waals surface area contributed by atoms with E-state index in [2.05, 4.69) is 0 Å². The molecule has 3 nitrogen and oxygen atoms in total. The number of Topliss-reactive ketones (excluding diaryl/α,β-unsaturated/α-hetero) is 1. The molecule has 0 N–H and O–H groups in total. The van der Waals surface area contributed by atoms with Gasteiger partial charge in [-0.3, -0.25) is 9.59 Å². The van der Waals surface area contributed by atoms with Crippen molar-refractivity contribution in [2.24, 2.45) is 11.3 Å². The second-order valence-corrected chi connectivity index (χ2v) is 3.80. The molecule has 82 valence electrons. The lowest BCUT2D eigenvalue weighted by Gasteiger charge is -2.28. The number of ether oxygens (including phenoxy) is 1. The van der Waals surface area contributed by atoms with E-state index in [0.717, 1.165) is 0 Å². The molecule has 0 aromatic carbocycles. The van der Waals surface area contributed by atoms with Gasteiger partial charge in [-0.25, -0.2) is 0 Å². The van der Waals surface area contributed by atoms with Crippen molar-refractivity contribution in [3.63, 3.8) is 0 Å². The summed E-state index contributed by atoms with van der Waals surface area (Å²) < 4.78 is 4.71. The van der Waals surface area contributed by atoms with Crippen LogP contribution in [0.2, 0.25) is 0 Å². The molecule has 0 atom stereocenters. The van der Waals surface area contributed by atoms with E-state index < -0.39 is 11.4 Å².